The van der Waals surface area contributed by atoms with Crippen molar-refractivity contribution in [3.63, 3.8) is 0 Å². The number of hydrogen-bond acceptors (Lipinski definition) is 6. The van der Waals surface area contributed by atoms with E-state index in [0.29, 0.717) is 19.3 Å². The van der Waals surface area contributed by atoms with Crippen molar-refractivity contribution in [2.75, 3.05) is 13.2 Å². The maximum atomic E-state index is 12.6. The number of ether oxygens (including phenoxy) is 3. The van der Waals surface area contributed by atoms with E-state index in [4.69, 9.17) is 14.2 Å². The van der Waals surface area contributed by atoms with Crippen molar-refractivity contribution in [3.05, 3.63) is 48.6 Å². The van der Waals surface area contributed by atoms with E-state index in [2.05, 4.69) is 69.4 Å². The fourth-order valence-electron chi connectivity index (χ4n) is 8.32. The molecule has 0 aliphatic carbocycles. The van der Waals surface area contributed by atoms with Gasteiger partial charge in [0.15, 0.2) is 6.10 Å². The van der Waals surface area contributed by atoms with Crippen molar-refractivity contribution in [3.8, 4) is 0 Å². The standard InChI is InChI=1S/C60H108O6/c1-4-7-10-13-15-17-18-19-20-21-22-23-24-25-26-27-28-29-30-31-32-33-34-35-36-37-38-39-40-41-42-43-45-47-50-53-59(62)65-56-57(55-64-58(61)52-49-46-12-9-6-3)66-60(63)54-51-48-44-16-14-11-8-5-2/h7,10,15,17,19-20,22-23,57H,4-6,8-9,11-14,16,18,21,24-56H2,1-3H3/b10-7-,17-15-,20-19-,23-22-. The van der Waals surface area contributed by atoms with Gasteiger partial charge in [-0.15, -0.1) is 0 Å². The van der Waals surface area contributed by atoms with Crippen LogP contribution < -0.4 is 0 Å². The van der Waals surface area contributed by atoms with Crippen LogP contribution >= 0.6 is 0 Å². The number of unbranched alkanes of at least 4 members (excludes halogenated alkanes) is 33. The smallest absolute Gasteiger partial charge is 0.306 e. The second-order valence-electron chi connectivity index (χ2n) is 19.2. The molecule has 0 N–H and O–H groups in total. The van der Waals surface area contributed by atoms with Crippen LogP contribution in [0.3, 0.4) is 0 Å². The third kappa shape index (κ3) is 52.3. The number of carbonyl (C=O) groups is 3. The van der Waals surface area contributed by atoms with Gasteiger partial charge < -0.3 is 14.2 Å². The van der Waals surface area contributed by atoms with E-state index in [0.717, 1.165) is 89.9 Å². The highest BCUT2D eigenvalue weighted by Gasteiger charge is 2.19. The summed E-state index contributed by atoms with van der Waals surface area (Å²) in [5.41, 5.74) is 0. The Morgan fingerprint density at radius 2 is 0.591 bits per heavy atom. The zero-order valence-corrected chi connectivity index (χ0v) is 44.0. The molecule has 0 aliphatic heterocycles. The van der Waals surface area contributed by atoms with E-state index in [1.807, 2.05) is 0 Å². The topological polar surface area (TPSA) is 78.9 Å². The zero-order valence-electron chi connectivity index (χ0n) is 44.0. The molecule has 6 heteroatoms. The molecule has 1 atom stereocenters. The molecule has 0 bridgehead atoms. The Kier molecular flexibility index (Phi) is 52.8. The van der Waals surface area contributed by atoms with Crippen molar-refractivity contribution in [2.24, 2.45) is 0 Å². The van der Waals surface area contributed by atoms with Crippen LogP contribution in [0.25, 0.3) is 0 Å². The molecule has 6 nitrogen and oxygen atoms in total. The first-order valence-corrected chi connectivity index (χ1v) is 28.6. The van der Waals surface area contributed by atoms with Gasteiger partial charge in [-0.25, -0.2) is 0 Å². The highest BCUT2D eigenvalue weighted by atomic mass is 16.6. The minimum absolute atomic E-state index is 0.0678. The van der Waals surface area contributed by atoms with Gasteiger partial charge in [-0.3, -0.25) is 14.4 Å². The van der Waals surface area contributed by atoms with Crippen molar-refractivity contribution in [1.29, 1.82) is 0 Å². The van der Waals surface area contributed by atoms with E-state index < -0.39 is 6.10 Å². The molecule has 0 amide bonds. The summed E-state index contributed by atoms with van der Waals surface area (Å²) in [6.45, 7) is 6.43. The first-order chi connectivity index (χ1) is 32.5. The summed E-state index contributed by atoms with van der Waals surface area (Å²) in [5.74, 6) is -0.876. The number of hydrogen-bond donors (Lipinski definition) is 0. The molecule has 0 heterocycles. The van der Waals surface area contributed by atoms with Crippen molar-refractivity contribution in [2.45, 2.75) is 303 Å². The minimum Gasteiger partial charge on any atom is -0.462 e. The minimum atomic E-state index is -0.761. The second-order valence-corrected chi connectivity index (χ2v) is 19.2. The van der Waals surface area contributed by atoms with Gasteiger partial charge in [0, 0.05) is 19.3 Å². The summed E-state index contributed by atoms with van der Waals surface area (Å²) in [4.78, 5) is 37.5. The average Bonchev–Trinajstić information content (AvgIpc) is 3.31. The second kappa shape index (κ2) is 55.0. The molecule has 0 rings (SSSR count). The fourth-order valence-corrected chi connectivity index (χ4v) is 8.32. The van der Waals surface area contributed by atoms with E-state index in [1.165, 1.54) is 167 Å². The van der Waals surface area contributed by atoms with Gasteiger partial charge in [-0.1, -0.05) is 268 Å². The van der Waals surface area contributed by atoms with E-state index in [-0.39, 0.29) is 31.1 Å². The lowest BCUT2D eigenvalue weighted by Gasteiger charge is -2.18. The summed E-state index contributed by atoms with van der Waals surface area (Å²) < 4.78 is 16.6. The maximum Gasteiger partial charge on any atom is 0.306 e. The first-order valence-electron chi connectivity index (χ1n) is 28.6. The largest absolute Gasteiger partial charge is 0.462 e. The number of rotatable bonds is 52. The number of carbonyl (C=O) groups excluding carboxylic acids is 3. The Morgan fingerprint density at radius 3 is 0.924 bits per heavy atom. The molecule has 66 heavy (non-hydrogen) atoms. The molecular formula is C60H108O6. The molecule has 0 aromatic heterocycles. The summed E-state index contributed by atoms with van der Waals surface area (Å²) in [7, 11) is 0. The fraction of sp³-hybridized carbons (Fsp3) is 0.817. The first kappa shape index (κ1) is 63.4. The Hall–Kier alpha value is -2.63. The lowest BCUT2D eigenvalue weighted by Crippen LogP contribution is -2.30. The molecule has 0 aliphatic rings. The summed E-state index contributed by atoms with van der Waals surface area (Å²) >= 11 is 0. The third-order valence-corrected chi connectivity index (χ3v) is 12.6. The normalized spacial score (nSPS) is 12.3. The van der Waals surface area contributed by atoms with Gasteiger partial charge in [0.1, 0.15) is 13.2 Å². The van der Waals surface area contributed by atoms with Gasteiger partial charge in [-0.05, 0) is 57.8 Å². The summed E-state index contributed by atoms with van der Waals surface area (Å²) in [5, 5.41) is 0. The Bertz CT molecular complexity index is 1150. The summed E-state index contributed by atoms with van der Waals surface area (Å²) in [6, 6.07) is 0. The van der Waals surface area contributed by atoms with Gasteiger partial charge in [-0.2, -0.15) is 0 Å². The lowest BCUT2D eigenvalue weighted by atomic mass is 10.0. The van der Waals surface area contributed by atoms with E-state index in [9.17, 15) is 14.4 Å². The van der Waals surface area contributed by atoms with Crippen LogP contribution in [0.5, 0.6) is 0 Å². The van der Waals surface area contributed by atoms with Crippen LogP contribution in [0.4, 0.5) is 0 Å². The number of allylic oxidation sites excluding steroid dienone is 8. The van der Waals surface area contributed by atoms with Crippen LogP contribution in [0, 0.1) is 0 Å². The molecule has 0 aromatic rings. The van der Waals surface area contributed by atoms with Crippen LogP contribution in [-0.2, 0) is 28.6 Å². The molecule has 384 valence electrons. The Balaban J connectivity index is 3.75. The van der Waals surface area contributed by atoms with E-state index >= 15 is 0 Å². The quantitative estimate of drug-likeness (QED) is 0.0262. The SMILES string of the molecule is CC/C=C\C/C=C\C/C=C\C/C=C\CCCCCCCCCCCCCCCCCCCCCCCCC(=O)OCC(COC(=O)CCCCCCC)OC(=O)CCCCCCCCCC. The van der Waals surface area contributed by atoms with Crippen LogP contribution in [-0.4, -0.2) is 37.2 Å². The van der Waals surface area contributed by atoms with Crippen LogP contribution in [0.1, 0.15) is 297 Å². The predicted octanol–water partition coefficient (Wildman–Crippen LogP) is 19.0. The van der Waals surface area contributed by atoms with Gasteiger partial charge in [0.05, 0.1) is 0 Å². The van der Waals surface area contributed by atoms with Gasteiger partial charge in [0.25, 0.3) is 0 Å². The summed E-state index contributed by atoms with van der Waals surface area (Å²) in [6.07, 6.45) is 67.7. The molecular weight excluding hydrogens is 817 g/mol. The Labute approximate surface area is 409 Å². The van der Waals surface area contributed by atoms with Crippen LogP contribution in [0.2, 0.25) is 0 Å². The van der Waals surface area contributed by atoms with Crippen LogP contribution in [0.15, 0.2) is 48.6 Å². The number of esters is 3. The molecule has 0 fully saturated rings. The van der Waals surface area contributed by atoms with Gasteiger partial charge in [0.2, 0.25) is 0 Å². The molecule has 0 radical (unpaired) electrons. The van der Waals surface area contributed by atoms with Crippen molar-refractivity contribution in [1.82, 2.24) is 0 Å². The molecule has 0 aromatic carbocycles. The molecule has 1 unspecified atom stereocenters. The third-order valence-electron chi connectivity index (χ3n) is 12.6. The molecule has 0 saturated carbocycles. The van der Waals surface area contributed by atoms with Crippen molar-refractivity contribution >= 4 is 17.9 Å². The van der Waals surface area contributed by atoms with E-state index in [1.54, 1.807) is 0 Å². The monoisotopic (exact) mass is 925 g/mol. The van der Waals surface area contributed by atoms with Crippen molar-refractivity contribution < 1.29 is 28.6 Å². The molecule has 0 saturated heterocycles. The Morgan fingerprint density at radius 1 is 0.318 bits per heavy atom. The highest BCUT2D eigenvalue weighted by Crippen LogP contribution is 2.17. The zero-order chi connectivity index (χ0) is 47.9. The lowest BCUT2D eigenvalue weighted by molar-refractivity contribution is -0.167. The molecule has 0 spiro atoms. The average molecular weight is 926 g/mol. The highest BCUT2D eigenvalue weighted by molar-refractivity contribution is 5.71. The predicted molar refractivity (Wildman–Crippen MR) is 284 cm³/mol. The van der Waals surface area contributed by atoms with Gasteiger partial charge >= 0.3 is 17.9 Å². The maximum absolute atomic E-state index is 12.6.